The summed E-state index contributed by atoms with van der Waals surface area (Å²) in [6.07, 6.45) is 2.74. The molecular weight excluding hydrogens is 238 g/mol. The van der Waals surface area contributed by atoms with Crippen LogP contribution in [0.5, 0.6) is 5.75 Å². The topological polar surface area (TPSA) is 60.2 Å². The number of anilines is 2. The quantitative estimate of drug-likeness (QED) is 0.781. The fourth-order valence-electron chi connectivity index (χ4n) is 1.72. The van der Waals surface area contributed by atoms with Crippen LogP contribution in [0.3, 0.4) is 0 Å². The Morgan fingerprint density at radius 2 is 2.11 bits per heavy atom. The number of nitrogen functional groups attached to an aromatic ring is 1. The van der Waals surface area contributed by atoms with Crippen molar-refractivity contribution in [3.63, 3.8) is 0 Å². The van der Waals surface area contributed by atoms with Crippen LogP contribution in [0.2, 0.25) is 0 Å². The molecule has 0 radical (unpaired) electrons. The normalized spacial score (nSPS) is 10.2. The van der Waals surface area contributed by atoms with Crippen molar-refractivity contribution in [3.05, 3.63) is 48.3 Å². The Hall–Kier alpha value is -2.23. The summed E-state index contributed by atoms with van der Waals surface area (Å²) in [5.74, 6) is 0.730. The van der Waals surface area contributed by atoms with Crippen LogP contribution in [0, 0.1) is 0 Å². The minimum atomic E-state index is 0.641. The number of aromatic nitrogens is 1. The predicted octanol–water partition coefficient (Wildman–Crippen LogP) is 3.06. The number of hydrogen-bond donors (Lipinski definition) is 2. The van der Waals surface area contributed by atoms with Gasteiger partial charge in [0.2, 0.25) is 0 Å². The molecule has 100 valence electrons. The highest BCUT2D eigenvalue weighted by atomic mass is 16.5. The van der Waals surface area contributed by atoms with E-state index in [4.69, 9.17) is 10.5 Å². The van der Waals surface area contributed by atoms with Gasteiger partial charge < -0.3 is 15.8 Å². The van der Waals surface area contributed by atoms with Crippen molar-refractivity contribution in [3.8, 4) is 5.75 Å². The summed E-state index contributed by atoms with van der Waals surface area (Å²) >= 11 is 0. The van der Waals surface area contributed by atoms with Gasteiger partial charge in [-0.2, -0.15) is 0 Å². The maximum absolute atomic E-state index is 6.08. The van der Waals surface area contributed by atoms with Crippen LogP contribution in [-0.2, 0) is 6.54 Å². The molecular formula is C15H19N3O. The average Bonchev–Trinajstić information content (AvgIpc) is 2.46. The molecule has 1 aromatic heterocycles. The minimum Gasteiger partial charge on any atom is -0.491 e. The van der Waals surface area contributed by atoms with Crippen molar-refractivity contribution < 1.29 is 4.74 Å². The van der Waals surface area contributed by atoms with Crippen LogP contribution in [0.1, 0.15) is 19.0 Å². The Kier molecular flexibility index (Phi) is 4.61. The van der Waals surface area contributed by atoms with Crippen molar-refractivity contribution in [2.24, 2.45) is 0 Å². The molecule has 19 heavy (non-hydrogen) atoms. The van der Waals surface area contributed by atoms with Gasteiger partial charge in [0.1, 0.15) is 5.75 Å². The first-order valence-corrected chi connectivity index (χ1v) is 6.46. The van der Waals surface area contributed by atoms with Crippen LogP contribution in [0.4, 0.5) is 11.4 Å². The molecule has 0 saturated carbocycles. The van der Waals surface area contributed by atoms with E-state index < -0.39 is 0 Å². The summed E-state index contributed by atoms with van der Waals surface area (Å²) in [5, 5.41) is 3.28. The molecule has 2 rings (SSSR count). The predicted molar refractivity (Wildman–Crippen MR) is 78.2 cm³/mol. The number of rotatable bonds is 6. The third kappa shape index (κ3) is 3.61. The molecule has 1 aromatic carbocycles. The summed E-state index contributed by atoms with van der Waals surface area (Å²) < 4.78 is 5.60. The first kappa shape index (κ1) is 13.2. The zero-order chi connectivity index (χ0) is 13.5. The van der Waals surface area contributed by atoms with Crippen molar-refractivity contribution in [2.45, 2.75) is 19.9 Å². The molecule has 0 aliphatic carbocycles. The lowest BCUT2D eigenvalue weighted by Gasteiger charge is -2.13. The second kappa shape index (κ2) is 6.64. The molecule has 1 heterocycles. The maximum Gasteiger partial charge on any atom is 0.144 e. The molecule has 0 atom stereocenters. The highest BCUT2D eigenvalue weighted by Crippen LogP contribution is 2.29. The molecule has 0 fully saturated rings. The number of benzene rings is 1. The molecule has 0 unspecified atom stereocenters. The smallest absolute Gasteiger partial charge is 0.144 e. The second-order valence-electron chi connectivity index (χ2n) is 4.24. The van der Waals surface area contributed by atoms with Gasteiger partial charge in [0.15, 0.2) is 0 Å². The van der Waals surface area contributed by atoms with Crippen LogP contribution in [0.25, 0.3) is 0 Å². The van der Waals surface area contributed by atoms with Crippen molar-refractivity contribution in [1.29, 1.82) is 0 Å². The summed E-state index contributed by atoms with van der Waals surface area (Å²) in [4.78, 5) is 4.26. The van der Waals surface area contributed by atoms with E-state index in [1.165, 1.54) is 0 Å². The van der Waals surface area contributed by atoms with Crippen LogP contribution in [-0.4, -0.2) is 11.6 Å². The van der Waals surface area contributed by atoms with Gasteiger partial charge in [-0.1, -0.05) is 19.1 Å². The van der Waals surface area contributed by atoms with Crippen LogP contribution in [0.15, 0.2) is 42.6 Å². The van der Waals surface area contributed by atoms with Gasteiger partial charge in [-0.25, -0.2) is 0 Å². The van der Waals surface area contributed by atoms with E-state index >= 15 is 0 Å². The van der Waals surface area contributed by atoms with Crippen molar-refractivity contribution in [1.82, 2.24) is 4.98 Å². The molecule has 2 aromatic rings. The molecule has 0 bridgehead atoms. The standard InChI is InChI=1S/C15H19N3O/c1-2-10-19-14-8-5-7-13(15(14)16)18-11-12-6-3-4-9-17-12/h3-9,18H,2,10-11,16H2,1H3. The number of nitrogens with one attached hydrogen (secondary N) is 1. The molecule has 4 heteroatoms. The highest BCUT2D eigenvalue weighted by molar-refractivity contribution is 5.72. The molecule has 4 nitrogen and oxygen atoms in total. The fraction of sp³-hybridized carbons (Fsp3) is 0.267. The summed E-state index contributed by atoms with van der Waals surface area (Å²) in [6, 6.07) is 11.6. The molecule has 0 aliphatic heterocycles. The molecule has 0 spiro atoms. The number of hydrogen-bond acceptors (Lipinski definition) is 4. The van der Waals surface area contributed by atoms with Gasteiger partial charge in [-0.15, -0.1) is 0 Å². The lowest BCUT2D eigenvalue weighted by molar-refractivity contribution is 0.319. The van der Waals surface area contributed by atoms with E-state index in [0.717, 1.165) is 23.6 Å². The summed E-state index contributed by atoms with van der Waals surface area (Å²) in [6.45, 7) is 3.38. The summed E-state index contributed by atoms with van der Waals surface area (Å²) in [5.41, 5.74) is 8.57. The van der Waals surface area contributed by atoms with Gasteiger partial charge in [-0.3, -0.25) is 4.98 Å². The van der Waals surface area contributed by atoms with Crippen molar-refractivity contribution >= 4 is 11.4 Å². The third-order valence-electron chi connectivity index (χ3n) is 2.71. The zero-order valence-electron chi connectivity index (χ0n) is 11.1. The monoisotopic (exact) mass is 257 g/mol. The first-order chi connectivity index (χ1) is 9.31. The van der Waals surface area contributed by atoms with E-state index in [0.29, 0.717) is 18.8 Å². The zero-order valence-corrected chi connectivity index (χ0v) is 11.1. The third-order valence-corrected chi connectivity index (χ3v) is 2.71. The van der Waals surface area contributed by atoms with Crippen LogP contribution < -0.4 is 15.8 Å². The van der Waals surface area contributed by atoms with Gasteiger partial charge in [-0.05, 0) is 30.7 Å². The molecule has 3 N–H and O–H groups in total. The van der Waals surface area contributed by atoms with Gasteiger partial charge in [0.05, 0.1) is 30.2 Å². The number of pyridine rings is 1. The van der Waals surface area contributed by atoms with E-state index in [1.807, 2.05) is 36.4 Å². The van der Waals surface area contributed by atoms with Gasteiger partial charge in [0.25, 0.3) is 0 Å². The first-order valence-electron chi connectivity index (χ1n) is 6.46. The van der Waals surface area contributed by atoms with Crippen molar-refractivity contribution in [2.75, 3.05) is 17.7 Å². The molecule has 0 amide bonds. The minimum absolute atomic E-state index is 0.641. The number of nitrogens with zero attached hydrogens (tertiary/aromatic N) is 1. The van der Waals surface area contributed by atoms with E-state index in [-0.39, 0.29) is 0 Å². The fourth-order valence-corrected chi connectivity index (χ4v) is 1.72. The van der Waals surface area contributed by atoms with E-state index in [1.54, 1.807) is 6.20 Å². The molecule has 0 aliphatic rings. The number of ether oxygens (including phenoxy) is 1. The SMILES string of the molecule is CCCOc1cccc(NCc2ccccn2)c1N. The second-order valence-corrected chi connectivity index (χ2v) is 4.24. The van der Waals surface area contributed by atoms with E-state index in [9.17, 15) is 0 Å². The van der Waals surface area contributed by atoms with E-state index in [2.05, 4.69) is 17.2 Å². The Morgan fingerprint density at radius 1 is 1.21 bits per heavy atom. The lowest BCUT2D eigenvalue weighted by Crippen LogP contribution is -2.06. The van der Waals surface area contributed by atoms with Crippen LogP contribution >= 0.6 is 0 Å². The largest absolute Gasteiger partial charge is 0.491 e. The number of nitrogens with two attached hydrogens (primary N) is 1. The highest BCUT2D eigenvalue weighted by Gasteiger charge is 2.05. The Labute approximate surface area is 113 Å². The average molecular weight is 257 g/mol. The Bertz CT molecular complexity index is 514. The Balaban J connectivity index is 2.04. The summed E-state index contributed by atoms with van der Waals surface area (Å²) in [7, 11) is 0. The lowest BCUT2D eigenvalue weighted by atomic mass is 10.2. The molecule has 0 saturated heterocycles. The Morgan fingerprint density at radius 3 is 2.84 bits per heavy atom. The van der Waals surface area contributed by atoms with Gasteiger partial charge in [0, 0.05) is 6.20 Å². The van der Waals surface area contributed by atoms with Gasteiger partial charge >= 0.3 is 0 Å². The maximum atomic E-state index is 6.08. The number of para-hydroxylation sites is 1.